The molecule has 2 heterocycles. The molecule has 7 heteroatoms. The SMILES string of the molecule is CSC1CCC(NC(=O)c2cn(C3CNC3)nn2)C1. The molecule has 1 aliphatic heterocycles. The van der Waals surface area contributed by atoms with Crippen LogP contribution in [0.5, 0.6) is 0 Å². The Balaban J connectivity index is 1.56. The van der Waals surface area contributed by atoms with Gasteiger partial charge in [-0.25, -0.2) is 4.68 Å². The summed E-state index contributed by atoms with van der Waals surface area (Å²) in [5.74, 6) is -0.0923. The van der Waals surface area contributed by atoms with Gasteiger partial charge in [0, 0.05) is 24.4 Å². The fourth-order valence-electron chi connectivity index (χ4n) is 2.56. The number of rotatable bonds is 4. The molecule has 0 radical (unpaired) electrons. The average Bonchev–Trinajstić information content (AvgIpc) is 2.96. The van der Waals surface area contributed by atoms with Crippen LogP contribution in [0.15, 0.2) is 6.20 Å². The van der Waals surface area contributed by atoms with E-state index in [1.54, 1.807) is 10.9 Å². The summed E-state index contributed by atoms with van der Waals surface area (Å²) >= 11 is 1.89. The highest BCUT2D eigenvalue weighted by molar-refractivity contribution is 7.99. The van der Waals surface area contributed by atoms with Gasteiger partial charge >= 0.3 is 0 Å². The van der Waals surface area contributed by atoms with Crippen LogP contribution in [0, 0.1) is 0 Å². The van der Waals surface area contributed by atoms with Crippen LogP contribution in [0.2, 0.25) is 0 Å². The molecule has 6 nitrogen and oxygen atoms in total. The van der Waals surface area contributed by atoms with Crippen LogP contribution in [0.1, 0.15) is 35.8 Å². The van der Waals surface area contributed by atoms with Crippen molar-refractivity contribution in [2.75, 3.05) is 19.3 Å². The zero-order chi connectivity index (χ0) is 13.2. The first kappa shape index (κ1) is 12.9. The van der Waals surface area contributed by atoms with Crippen LogP contribution in [-0.2, 0) is 0 Å². The molecule has 19 heavy (non-hydrogen) atoms. The number of amides is 1. The topological polar surface area (TPSA) is 71.8 Å². The molecule has 1 aliphatic carbocycles. The lowest BCUT2D eigenvalue weighted by molar-refractivity contribution is 0.0933. The van der Waals surface area contributed by atoms with Crippen molar-refractivity contribution in [2.24, 2.45) is 0 Å². The normalized spacial score (nSPS) is 27.2. The summed E-state index contributed by atoms with van der Waals surface area (Å²) in [6.45, 7) is 1.81. The lowest BCUT2D eigenvalue weighted by Crippen LogP contribution is -2.43. The number of carbonyl (C=O) groups is 1. The Labute approximate surface area is 116 Å². The highest BCUT2D eigenvalue weighted by Gasteiger charge is 2.27. The molecule has 0 spiro atoms. The minimum Gasteiger partial charge on any atom is -0.348 e. The van der Waals surface area contributed by atoms with Gasteiger partial charge in [0.2, 0.25) is 0 Å². The number of nitrogens with zero attached hydrogens (tertiary/aromatic N) is 3. The van der Waals surface area contributed by atoms with Gasteiger partial charge in [-0.3, -0.25) is 4.79 Å². The average molecular weight is 281 g/mol. The first-order valence-corrected chi connectivity index (χ1v) is 8.01. The smallest absolute Gasteiger partial charge is 0.273 e. The van der Waals surface area contributed by atoms with E-state index in [1.807, 2.05) is 11.8 Å². The maximum atomic E-state index is 12.1. The van der Waals surface area contributed by atoms with E-state index >= 15 is 0 Å². The summed E-state index contributed by atoms with van der Waals surface area (Å²) in [5.41, 5.74) is 0.430. The van der Waals surface area contributed by atoms with Crippen LogP contribution in [-0.4, -0.2) is 51.5 Å². The van der Waals surface area contributed by atoms with E-state index in [1.165, 1.54) is 6.42 Å². The molecule has 1 saturated heterocycles. The van der Waals surface area contributed by atoms with E-state index in [4.69, 9.17) is 0 Å². The number of aromatic nitrogens is 3. The predicted molar refractivity (Wildman–Crippen MR) is 74.3 cm³/mol. The Morgan fingerprint density at radius 3 is 3.00 bits per heavy atom. The zero-order valence-electron chi connectivity index (χ0n) is 11.0. The quantitative estimate of drug-likeness (QED) is 0.838. The molecule has 3 rings (SSSR count). The highest BCUT2D eigenvalue weighted by Crippen LogP contribution is 2.28. The summed E-state index contributed by atoms with van der Waals surface area (Å²) in [5, 5.41) is 14.9. The standard InChI is InChI=1S/C12H19N5OS/c1-19-10-3-2-8(4-10)14-12(18)11-7-17(16-15-11)9-5-13-6-9/h7-10,13H,2-6H2,1H3,(H,14,18). The summed E-state index contributed by atoms with van der Waals surface area (Å²) in [6.07, 6.45) is 7.20. The molecule has 1 amide bonds. The molecule has 0 aromatic carbocycles. The van der Waals surface area contributed by atoms with Gasteiger partial charge in [0.15, 0.2) is 5.69 Å². The lowest BCUT2D eigenvalue weighted by atomic mass is 10.2. The summed E-state index contributed by atoms with van der Waals surface area (Å²) in [4.78, 5) is 12.1. The van der Waals surface area contributed by atoms with Crippen LogP contribution >= 0.6 is 11.8 Å². The third-order valence-corrected chi connectivity index (χ3v) is 5.02. The Hall–Kier alpha value is -1.08. The summed E-state index contributed by atoms with van der Waals surface area (Å²) in [6, 6.07) is 0.641. The Kier molecular flexibility index (Phi) is 3.74. The molecule has 104 valence electrons. The van der Waals surface area contributed by atoms with Crippen molar-refractivity contribution < 1.29 is 4.79 Å². The van der Waals surface area contributed by atoms with Crippen molar-refractivity contribution in [2.45, 2.75) is 36.6 Å². The fourth-order valence-corrected chi connectivity index (χ4v) is 3.36. The fraction of sp³-hybridized carbons (Fsp3) is 0.750. The number of hydrogen-bond acceptors (Lipinski definition) is 5. The van der Waals surface area contributed by atoms with Crippen molar-refractivity contribution in [3.8, 4) is 0 Å². The van der Waals surface area contributed by atoms with E-state index < -0.39 is 0 Å². The maximum Gasteiger partial charge on any atom is 0.273 e. The van der Waals surface area contributed by atoms with Gasteiger partial charge in [0.25, 0.3) is 5.91 Å². The van der Waals surface area contributed by atoms with E-state index in [-0.39, 0.29) is 5.91 Å². The second-order valence-corrected chi connectivity index (χ2v) is 6.38. The predicted octanol–water partition coefficient (Wildman–Crippen LogP) is 0.436. The minimum atomic E-state index is -0.0923. The molecular weight excluding hydrogens is 262 g/mol. The lowest BCUT2D eigenvalue weighted by Gasteiger charge is -2.26. The third-order valence-electron chi connectivity index (χ3n) is 3.93. The first-order valence-electron chi connectivity index (χ1n) is 6.72. The monoisotopic (exact) mass is 281 g/mol. The molecule has 2 fully saturated rings. The molecule has 1 aromatic rings. The van der Waals surface area contributed by atoms with E-state index in [0.717, 1.165) is 25.9 Å². The Bertz CT molecular complexity index is 459. The zero-order valence-corrected chi connectivity index (χ0v) is 11.8. The number of thioether (sulfide) groups is 1. The second-order valence-electron chi connectivity index (χ2n) is 5.24. The van der Waals surface area contributed by atoms with E-state index in [9.17, 15) is 4.79 Å². The van der Waals surface area contributed by atoms with Crippen LogP contribution in [0.25, 0.3) is 0 Å². The maximum absolute atomic E-state index is 12.1. The Morgan fingerprint density at radius 2 is 2.37 bits per heavy atom. The van der Waals surface area contributed by atoms with Crippen LogP contribution in [0.3, 0.4) is 0 Å². The number of hydrogen-bond donors (Lipinski definition) is 2. The summed E-state index contributed by atoms with van der Waals surface area (Å²) in [7, 11) is 0. The van der Waals surface area contributed by atoms with Crippen molar-refractivity contribution in [3.05, 3.63) is 11.9 Å². The van der Waals surface area contributed by atoms with Gasteiger partial charge in [-0.2, -0.15) is 11.8 Å². The molecular formula is C12H19N5OS. The second kappa shape index (κ2) is 5.50. The van der Waals surface area contributed by atoms with E-state index in [0.29, 0.717) is 23.0 Å². The van der Waals surface area contributed by atoms with Crippen LogP contribution < -0.4 is 10.6 Å². The largest absolute Gasteiger partial charge is 0.348 e. The first-order chi connectivity index (χ1) is 9.26. The van der Waals surface area contributed by atoms with Gasteiger partial charge in [-0.15, -0.1) is 5.10 Å². The van der Waals surface area contributed by atoms with Crippen molar-refractivity contribution in [3.63, 3.8) is 0 Å². The molecule has 0 bridgehead atoms. The minimum absolute atomic E-state index is 0.0923. The molecule has 2 unspecified atom stereocenters. The highest BCUT2D eigenvalue weighted by atomic mass is 32.2. The van der Waals surface area contributed by atoms with Gasteiger partial charge < -0.3 is 10.6 Å². The van der Waals surface area contributed by atoms with Crippen LogP contribution in [0.4, 0.5) is 0 Å². The van der Waals surface area contributed by atoms with Gasteiger partial charge in [0.05, 0.1) is 12.2 Å². The van der Waals surface area contributed by atoms with Gasteiger partial charge in [-0.1, -0.05) is 5.21 Å². The molecule has 2 N–H and O–H groups in total. The molecule has 2 atom stereocenters. The molecule has 1 saturated carbocycles. The molecule has 2 aliphatic rings. The number of carbonyl (C=O) groups excluding carboxylic acids is 1. The summed E-state index contributed by atoms with van der Waals surface area (Å²) < 4.78 is 1.78. The molecule has 1 aromatic heterocycles. The van der Waals surface area contributed by atoms with Gasteiger partial charge in [0.1, 0.15) is 0 Å². The van der Waals surface area contributed by atoms with Crippen molar-refractivity contribution in [1.82, 2.24) is 25.6 Å². The van der Waals surface area contributed by atoms with Crippen molar-refractivity contribution >= 4 is 17.7 Å². The third kappa shape index (κ3) is 2.76. The van der Waals surface area contributed by atoms with Gasteiger partial charge in [-0.05, 0) is 25.5 Å². The van der Waals surface area contributed by atoms with Crippen molar-refractivity contribution in [1.29, 1.82) is 0 Å². The van der Waals surface area contributed by atoms with E-state index in [2.05, 4.69) is 27.2 Å². The number of nitrogens with one attached hydrogen (secondary N) is 2. The Morgan fingerprint density at radius 1 is 1.53 bits per heavy atom.